The molecule has 0 spiro atoms. The van der Waals surface area contributed by atoms with E-state index in [2.05, 4.69) is 5.32 Å². The molecule has 0 radical (unpaired) electrons. The van der Waals surface area contributed by atoms with E-state index in [1.165, 1.54) is 25.7 Å². The first-order valence-electron chi connectivity index (χ1n) is 8.26. The number of hydrogen-bond acceptors (Lipinski definition) is 3. The minimum atomic E-state index is -0.210. The minimum Gasteiger partial charge on any atom is -0.469 e. The Kier molecular flexibility index (Phi) is 2.56. The molecule has 0 aromatic heterocycles. The summed E-state index contributed by atoms with van der Waals surface area (Å²) in [6.07, 6.45) is 1.33. The molecule has 5 fully saturated rings. The molecule has 0 amide bonds. The van der Waals surface area contributed by atoms with Crippen LogP contribution in [0, 0.1) is 47.2 Å². The van der Waals surface area contributed by atoms with E-state index < -0.39 is 0 Å². The largest absolute Gasteiger partial charge is 0.469 e. The van der Waals surface area contributed by atoms with Crippen molar-refractivity contribution in [2.75, 3.05) is 7.11 Å². The summed E-state index contributed by atoms with van der Waals surface area (Å²) in [5, 5.41) is 3.60. The summed E-state index contributed by atoms with van der Waals surface area (Å²) in [4.78, 5) is 12.3. The van der Waals surface area contributed by atoms with E-state index in [-0.39, 0.29) is 23.7 Å². The van der Waals surface area contributed by atoms with E-state index in [9.17, 15) is 9.18 Å². The molecule has 1 aromatic rings. The van der Waals surface area contributed by atoms with Crippen LogP contribution in [0.2, 0.25) is 0 Å². The number of nitrogens with one attached hydrogen (secondary N) is 1. The second kappa shape index (κ2) is 4.31. The smallest absolute Gasteiger partial charge is 0.310 e. The van der Waals surface area contributed by atoms with Crippen molar-refractivity contribution in [1.82, 2.24) is 5.32 Å². The van der Waals surface area contributed by atoms with Gasteiger partial charge in [-0.05, 0) is 59.6 Å². The van der Waals surface area contributed by atoms with Gasteiger partial charge in [0.15, 0.2) is 0 Å². The third-order valence-corrected chi connectivity index (χ3v) is 6.86. The summed E-state index contributed by atoms with van der Waals surface area (Å²) in [5.74, 6) is 4.28. The Labute approximate surface area is 129 Å². The molecular weight excluding hydrogens is 281 g/mol. The number of carbonyl (C=O) groups excluding carboxylic acids is 1. The van der Waals surface area contributed by atoms with Gasteiger partial charge in [0, 0.05) is 12.6 Å². The molecule has 22 heavy (non-hydrogen) atoms. The maximum atomic E-state index is 13.0. The zero-order chi connectivity index (χ0) is 15.0. The van der Waals surface area contributed by atoms with Gasteiger partial charge in [0.05, 0.1) is 13.0 Å². The summed E-state index contributed by atoms with van der Waals surface area (Å²) >= 11 is 0. The van der Waals surface area contributed by atoms with Gasteiger partial charge >= 0.3 is 5.97 Å². The van der Waals surface area contributed by atoms with Crippen molar-refractivity contribution in [2.24, 2.45) is 41.4 Å². The number of benzene rings is 1. The zero-order valence-electron chi connectivity index (χ0n) is 12.5. The monoisotopic (exact) mass is 301 g/mol. The van der Waals surface area contributed by atoms with Crippen LogP contribution in [0.4, 0.5) is 4.39 Å². The highest BCUT2D eigenvalue weighted by molar-refractivity contribution is 5.75. The number of methoxy groups -OCH3 is 1. The molecule has 5 aliphatic rings. The molecule has 8 atom stereocenters. The van der Waals surface area contributed by atoms with Crippen LogP contribution in [0.5, 0.6) is 0 Å². The highest BCUT2D eigenvalue weighted by atomic mass is 19.1. The molecule has 3 nitrogen and oxygen atoms in total. The number of ether oxygens (including phenoxy) is 1. The predicted octanol–water partition coefficient (Wildman–Crippen LogP) is 2.21. The predicted molar refractivity (Wildman–Crippen MR) is 78.1 cm³/mol. The van der Waals surface area contributed by atoms with Gasteiger partial charge in [-0.3, -0.25) is 4.79 Å². The van der Waals surface area contributed by atoms with E-state index in [1.807, 2.05) is 12.1 Å². The Morgan fingerprint density at radius 1 is 1.18 bits per heavy atom. The molecule has 1 aromatic carbocycles. The summed E-state index contributed by atoms with van der Waals surface area (Å²) < 4.78 is 18.1. The molecule has 6 rings (SSSR count). The molecule has 6 unspecified atom stereocenters. The standard InChI is InChI=1S/C18H20FNO2/c1-22-18(21)16-14-11-6-10-12(14)13(10)15(11)17(16)20-7-8-2-4-9(19)5-3-8/h2-5,10-17,20H,6-7H2,1H3/t10?,11?,12?,13?,14?,15?,16-,17+/m1/s1. The Morgan fingerprint density at radius 3 is 2.55 bits per heavy atom. The van der Waals surface area contributed by atoms with Crippen molar-refractivity contribution in [3.63, 3.8) is 0 Å². The van der Waals surface area contributed by atoms with E-state index in [4.69, 9.17) is 4.74 Å². The first-order valence-corrected chi connectivity index (χ1v) is 8.26. The van der Waals surface area contributed by atoms with E-state index in [1.54, 1.807) is 0 Å². The molecule has 1 N–H and O–H groups in total. The third-order valence-electron chi connectivity index (χ3n) is 6.86. The van der Waals surface area contributed by atoms with Gasteiger partial charge in [0.1, 0.15) is 5.82 Å². The van der Waals surface area contributed by atoms with Gasteiger partial charge in [-0.15, -0.1) is 0 Å². The van der Waals surface area contributed by atoms with Crippen LogP contribution in [-0.2, 0) is 16.1 Å². The number of halogens is 1. The highest BCUT2D eigenvalue weighted by Gasteiger charge is 2.81. The van der Waals surface area contributed by atoms with Crippen molar-refractivity contribution in [3.8, 4) is 0 Å². The van der Waals surface area contributed by atoms with Crippen LogP contribution in [-0.4, -0.2) is 19.1 Å². The van der Waals surface area contributed by atoms with Gasteiger partial charge in [0.2, 0.25) is 0 Å². The SMILES string of the molecule is COC(=O)[C@@H]1C2C3CC4C2C4C3[C@@H]1NCc1ccc(F)cc1. The molecule has 0 saturated heterocycles. The second-order valence-corrected chi connectivity index (χ2v) is 7.45. The first kappa shape index (κ1) is 13.1. The maximum Gasteiger partial charge on any atom is 0.310 e. The van der Waals surface area contributed by atoms with Crippen molar-refractivity contribution in [2.45, 2.75) is 19.0 Å². The van der Waals surface area contributed by atoms with E-state index in [0.29, 0.717) is 18.4 Å². The van der Waals surface area contributed by atoms with Crippen molar-refractivity contribution < 1.29 is 13.9 Å². The van der Waals surface area contributed by atoms with E-state index >= 15 is 0 Å². The zero-order valence-corrected chi connectivity index (χ0v) is 12.5. The number of carbonyl (C=O) groups is 1. The van der Waals surface area contributed by atoms with Gasteiger partial charge in [-0.1, -0.05) is 12.1 Å². The summed E-state index contributed by atoms with van der Waals surface area (Å²) in [6.45, 7) is 0.691. The fraction of sp³-hybridized carbons (Fsp3) is 0.611. The third kappa shape index (κ3) is 1.51. The fourth-order valence-electron chi connectivity index (χ4n) is 6.31. The molecule has 6 bridgehead atoms. The molecule has 116 valence electrons. The van der Waals surface area contributed by atoms with Crippen LogP contribution >= 0.6 is 0 Å². The van der Waals surface area contributed by atoms with Crippen LogP contribution in [0.1, 0.15) is 12.0 Å². The lowest BCUT2D eigenvalue weighted by molar-refractivity contribution is -0.148. The Bertz CT molecular complexity index is 630. The Balaban J connectivity index is 1.36. The van der Waals surface area contributed by atoms with Crippen molar-refractivity contribution in [3.05, 3.63) is 35.6 Å². The van der Waals surface area contributed by atoms with Gasteiger partial charge in [-0.2, -0.15) is 0 Å². The number of esters is 1. The Morgan fingerprint density at radius 2 is 1.86 bits per heavy atom. The molecule has 5 saturated carbocycles. The lowest BCUT2D eigenvalue weighted by Crippen LogP contribution is -2.45. The quantitative estimate of drug-likeness (QED) is 0.867. The van der Waals surface area contributed by atoms with Crippen molar-refractivity contribution >= 4 is 5.97 Å². The van der Waals surface area contributed by atoms with Crippen LogP contribution in [0.25, 0.3) is 0 Å². The summed E-state index contributed by atoms with van der Waals surface area (Å²) in [7, 11) is 1.50. The molecule has 0 heterocycles. The second-order valence-electron chi connectivity index (χ2n) is 7.45. The summed E-state index contributed by atoms with van der Waals surface area (Å²) in [5.41, 5.74) is 1.06. The average molecular weight is 301 g/mol. The lowest BCUT2D eigenvalue weighted by Gasteiger charge is -2.29. The average Bonchev–Trinajstić information content (AvgIpc) is 2.89. The van der Waals surface area contributed by atoms with Crippen LogP contribution < -0.4 is 5.32 Å². The molecule has 0 aliphatic heterocycles. The fourth-order valence-corrected chi connectivity index (χ4v) is 6.31. The van der Waals surface area contributed by atoms with Gasteiger partial charge in [-0.25, -0.2) is 4.39 Å². The Hall–Kier alpha value is -1.42. The van der Waals surface area contributed by atoms with Gasteiger partial charge in [0.25, 0.3) is 0 Å². The normalized spacial score (nSPS) is 46.1. The van der Waals surface area contributed by atoms with E-state index in [0.717, 1.165) is 29.2 Å². The molecular formula is C18H20FNO2. The van der Waals surface area contributed by atoms with Crippen molar-refractivity contribution in [1.29, 1.82) is 0 Å². The lowest BCUT2D eigenvalue weighted by atomic mass is 9.84. The topological polar surface area (TPSA) is 38.3 Å². The van der Waals surface area contributed by atoms with Crippen LogP contribution in [0.3, 0.4) is 0 Å². The minimum absolute atomic E-state index is 0.0224. The number of rotatable bonds is 4. The summed E-state index contributed by atoms with van der Waals surface area (Å²) in [6, 6.07) is 6.83. The number of hydrogen-bond donors (Lipinski definition) is 1. The molecule has 4 heteroatoms. The highest BCUT2D eigenvalue weighted by Crippen LogP contribution is 2.82. The molecule has 5 aliphatic carbocycles. The van der Waals surface area contributed by atoms with Gasteiger partial charge < -0.3 is 10.1 Å². The van der Waals surface area contributed by atoms with Crippen LogP contribution in [0.15, 0.2) is 24.3 Å². The first-order chi connectivity index (χ1) is 10.7. The maximum absolute atomic E-state index is 13.0.